The summed E-state index contributed by atoms with van der Waals surface area (Å²) in [5, 5.41) is 7.83. The summed E-state index contributed by atoms with van der Waals surface area (Å²) >= 11 is 0. The fourth-order valence-corrected chi connectivity index (χ4v) is 3.92. The zero-order chi connectivity index (χ0) is 19.1. The molecule has 2 aromatic heterocycles. The second-order valence-electron chi connectivity index (χ2n) is 6.98. The Labute approximate surface area is 160 Å². The molecular formula is C21H18FN5O. The topological polar surface area (TPSA) is 75.6 Å². The van der Waals surface area contributed by atoms with Crippen molar-refractivity contribution in [3.63, 3.8) is 0 Å². The highest BCUT2D eigenvalue weighted by Crippen LogP contribution is 2.31. The molecule has 7 heteroatoms. The van der Waals surface area contributed by atoms with Gasteiger partial charge in [0, 0.05) is 16.8 Å². The van der Waals surface area contributed by atoms with E-state index in [1.54, 1.807) is 18.2 Å². The molecule has 2 N–H and O–H groups in total. The first-order chi connectivity index (χ1) is 13.7. The van der Waals surface area contributed by atoms with E-state index in [1.807, 2.05) is 6.07 Å². The van der Waals surface area contributed by atoms with Crippen LogP contribution in [0.25, 0.3) is 16.6 Å². The minimum Gasteiger partial charge on any atom is -0.358 e. The highest BCUT2D eigenvalue weighted by molar-refractivity contribution is 6.12. The predicted molar refractivity (Wildman–Crippen MR) is 104 cm³/mol. The van der Waals surface area contributed by atoms with Crippen LogP contribution >= 0.6 is 0 Å². The lowest BCUT2D eigenvalue weighted by Gasteiger charge is -2.10. The molecule has 0 unspecified atom stereocenters. The van der Waals surface area contributed by atoms with Crippen molar-refractivity contribution in [1.82, 2.24) is 19.7 Å². The summed E-state index contributed by atoms with van der Waals surface area (Å²) in [6.45, 7) is 0. The molecule has 0 spiro atoms. The number of benzene rings is 2. The Balaban J connectivity index is 1.46. The minimum atomic E-state index is -0.489. The highest BCUT2D eigenvalue weighted by Gasteiger charge is 2.19. The molecule has 0 saturated heterocycles. The van der Waals surface area contributed by atoms with Crippen LogP contribution in [0.15, 0.2) is 49.1 Å². The third-order valence-corrected chi connectivity index (χ3v) is 5.25. The van der Waals surface area contributed by atoms with Gasteiger partial charge in [-0.15, -0.1) is 0 Å². The van der Waals surface area contributed by atoms with Crippen molar-refractivity contribution >= 4 is 22.5 Å². The van der Waals surface area contributed by atoms with Crippen molar-refractivity contribution in [1.29, 1.82) is 0 Å². The zero-order valence-corrected chi connectivity index (χ0v) is 15.1. The molecule has 2 aromatic carbocycles. The number of halogens is 1. The summed E-state index contributed by atoms with van der Waals surface area (Å²) < 4.78 is 15.8. The van der Waals surface area contributed by atoms with Crippen LogP contribution in [-0.4, -0.2) is 25.7 Å². The standard InChI is InChI=1S/C21H18FN5O/c22-17-10-13(8-9-19(17)27-12-23-11-24-27)25-21(28)16-6-3-5-15-14-4-1-2-7-18(14)26-20(15)16/h3,5-6,8-12,26H,1-2,4,7H2,(H,25,28). The number of amides is 1. The maximum absolute atomic E-state index is 14.4. The van der Waals surface area contributed by atoms with Crippen LogP contribution in [0, 0.1) is 5.82 Å². The number of carbonyl (C=O) groups is 1. The maximum atomic E-state index is 14.4. The van der Waals surface area contributed by atoms with Crippen LogP contribution in [0.2, 0.25) is 0 Å². The van der Waals surface area contributed by atoms with Crippen LogP contribution in [0.4, 0.5) is 10.1 Å². The molecule has 0 fully saturated rings. The monoisotopic (exact) mass is 375 g/mol. The molecule has 28 heavy (non-hydrogen) atoms. The molecule has 0 atom stereocenters. The fraction of sp³-hybridized carbons (Fsp3) is 0.190. The number of rotatable bonds is 3. The maximum Gasteiger partial charge on any atom is 0.257 e. The van der Waals surface area contributed by atoms with Crippen molar-refractivity contribution in [3.05, 3.63) is 71.7 Å². The molecule has 0 bridgehead atoms. The number of carbonyl (C=O) groups excluding carboxylic acids is 1. The van der Waals surface area contributed by atoms with Gasteiger partial charge in [-0.05, 0) is 55.5 Å². The van der Waals surface area contributed by atoms with E-state index >= 15 is 0 Å². The average Bonchev–Trinajstić information content (AvgIpc) is 3.35. The summed E-state index contributed by atoms with van der Waals surface area (Å²) in [4.78, 5) is 20.1. The number of hydrogen-bond donors (Lipinski definition) is 2. The van der Waals surface area contributed by atoms with Crippen molar-refractivity contribution in [2.45, 2.75) is 25.7 Å². The number of para-hydroxylation sites is 1. The first-order valence-corrected chi connectivity index (χ1v) is 9.29. The van der Waals surface area contributed by atoms with Gasteiger partial charge >= 0.3 is 0 Å². The number of aromatic amines is 1. The smallest absolute Gasteiger partial charge is 0.257 e. The van der Waals surface area contributed by atoms with Gasteiger partial charge in [-0.2, -0.15) is 5.10 Å². The summed E-state index contributed by atoms with van der Waals surface area (Å²) in [6.07, 6.45) is 7.15. The third kappa shape index (κ3) is 2.76. The van der Waals surface area contributed by atoms with Crippen molar-refractivity contribution in [3.8, 4) is 5.69 Å². The Morgan fingerprint density at radius 2 is 2.07 bits per heavy atom. The Hall–Kier alpha value is -3.48. The van der Waals surface area contributed by atoms with E-state index in [-0.39, 0.29) is 11.6 Å². The number of aryl methyl sites for hydroxylation is 2. The van der Waals surface area contributed by atoms with Crippen molar-refractivity contribution in [2.24, 2.45) is 0 Å². The van der Waals surface area contributed by atoms with Crippen LogP contribution in [-0.2, 0) is 12.8 Å². The molecule has 4 aromatic rings. The Kier molecular flexibility index (Phi) is 3.93. The lowest BCUT2D eigenvalue weighted by Crippen LogP contribution is -2.13. The minimum absolute atomic E-state index is 0.267. The number of H-pyrrole nitrogens is 1. The third-order valence-electron chi connectivity index (χ3n) is 5.25. The lowest BCUT2D eigenvalue weighted by atomic mass is 9.95. The number of anilines is 1. The molecule has 0 aliphatic heterocycles. The lowest BCUT2D eigenvalue weighted by molar-refractivity contribution is 0.102. The first kappa shape index (κ1) is 16.7. The van der Waals surface area contributed by atoms with Gasteiger partial charge in [-0.3, -0.25) is 4.79 Å². The molecule has 1 aliphatic rings. The Bertz CT molecular complexity index is 1180. The van der Waals surface area contributed by atoms with E-state index < -0.39 is 5.82 Å². The quantitative estimate of drug-likeness (QED) is 0.568. The Morgan fingerprint density at radius 3 is 2.89 bits per heavy atom. The highest BCUT2D eigenvalue weighted by atomic mass is 19.1. The summed E-state index contributed by atoms with van der Waals surface area (Å²) in [6, 6.07) is 10.2. The molecule has 0 saturated carbocycles. The molecule has 0 radical (unpaired) electrons. The molecule has 5 rings (SSSR count). The van der Waals surface area contributed by atoms with E-state index in [9.17, 15) is 9.18 Å². The number of aromatic nitrogens is 4. The van der Waals surface area contributed by atoms with Gasteiger partial charge in [0.15, 0.2) is 5.82 Å². The number of hydrogen-bond acceptors (Lipinski definition) is 3. The first-order valence-electron chi connectivity index (χ1n) is 9.29. The molecule has 1 amide bonds. The molecule has 2 heterocycles. The second-order valence-corrected chi connectivity index (χ2v) is 6.98. The van der Waals surface area contributed by atoms with Gasteiger partial charge in [-0.25, -0.2) is 14.1 Å². The molecule has 140 valence electrons. The van der Waals surface area contributed by atoms with Crippen LogP contribution in [0.5, 0.6) is 0 Å². The van der Waals surface area contributed by atoms with Gasteiger partial charge in [0.25, 0.3) is 5.91 Å². The molecular weight excluding hydrogens is 357 g/mol. The molecule has 1 aliphatic carbocycles. The van der Waals surface area contributed by atoms with E-state index in [2.05, 4.69) is 26.4 Å². The van der Waals surface area contributed by atoms with E-state index in [0.29, 0.717) is 11.3 Å². The predicted octanol–water partition coefficient (Wildman–Crippen LogP) is 4.02. The van der Waals surface area contributed by atoms with E-state index in [0.717, 1.165) is 23.7 Å². The second kappa shape index (κ2) is 6.60. The van der Waals surface area contributed by atoms with Gasteiger partial charge in [0.05, 0.1) is 11.1 Å². The van der Waals surface area contributed by atoms with E-state index in [4.69, 9.17) is 0 Å². The Morgan fingerprint density at radius 1 is 1.18 bits per heavy atom. The summed E-state index contributed by atoms with van der Waals surface area (Å²) in [5.74, 6) is -0.756. The van der Waals surface area contributed by atoms with Crippen molar-refractivity contribution < 1.29 is 9.18 Å². The number of nitrogens with one attached hydrogen (secondary N) is 2. The molecule has 6 nitrogen and oxygen atoms in total. The van der Waals surface area contributed by atoms with Gasteiger partial charge in [0.2, 0.25) is 0 Å². The largest absolute Gasteiger partial charge is 0.358 e. The van der Waals surface area contributed by atoms with Gasteiger partial charge < -0.3 is 10.3 Å². The number of nitrogens with zero attached hydrogens (tertiary/aromatic N) is 3. The van der Waals surface area contributed by atoms with Crippen LogP contribution < -0.4 is 5.32 Å². The average molecular weight is 375 g/mol. The van der Waals surface area contributed by atoms with E-state index in [1.165, 1.54) is 47.5 Å². The van der Waals surface area contributed by atoms with Crippen LogP contribution in [0.3, 0.4) is 0 Å². The van der Waals surface area contributed by atoms with Gasteiger partial charge in [0.1, 0.15) is 18.3 Å². The SMILES string of the molecule is O=C(Nc1ccc(-n2cncn2)c(F)c1)c1cccc2c3c([nH]c12)CCCC3. The van der Waals surface area contributed by atoms with Gasteiger partial charge in [-0.1, -0.05) is 12.1 Å². The zero-order valence-electron chi connectivity index (χ0n) is 15.1. The number of fused-ring (bicyclic) bond motifs is 3. The normalized spacial score (nSPS) is 13.5. The fourth-order valence-electron chi connectivity index (χ4n) is 3.92. The van der Waals surface area contributed by atoms with Crippen LogP contribution in [0.1, 0.15) is 34.5 Å². The summed E-state index contributed by atoms with van der Waals surface area (Å²) in [7, 11) is 0. The van der Waals surface area contributed by atoms with Crippen molar-refractivity contribution in [2.75, 3.05) is 5.32 Å². The summed E-state index contributed by atoms with van der Waals surface area (Å²) in [5.41, 5.74) is 4.62.